The van der Waals surface area contributed by atoms with Crippen LogP contribution in [-0.4, -0.2) is 28.3 Å². The molecule has 0 radical (unpaired) electrons. The minimum absolute atomic E-state index is 0.144. The summed E-state index contributed by atoms with van der Waals surface area (Å²) in [5.74, 6) is 0.210. The van der Waals surface area contributed by atoms with Gasteiger partial charge in [0.2, 0.25) is 0 Å². The summed E-state index contributed by atoms with van der Waals surface area (Å²) in [6.07, 6.45) is 0.788. The van der Waals surface area contributed by atoms with E-state index in [0.717, 1.165) is 55.6 Å². The topological polar surface area (TPSA) is 86.7 Å². The molecule has 1 aliphatic rings. The molecule has 0 fully saturated rings. The summed E-state index contributed by atoms with van der Waals surface area (Å²) in [6.45, 7) is 3.64. The molecule has 6 nitrogen and oxygen atoms in total. The van der Waals surface area contributed by atoms with Crippen LogP contribution in [0.15, 0.2) is 194 Å². The number of benzene rings is 8. The first-order valence-electron chi connectivity index (χ1n) is 21.3. The Hall–Kier alpha value is -6.74. The molecule has 8 heteroatoms. The van der Waals surface area contributed by atoms with Crippen molar-refractivity contribution >= 4 is 20.2 Å². The van der Waals surface area contributed by atoms with E-state index in [1.165, 1.54) is 0 Å². The Morgan fingerprint density at radius 1 is 0.365 bits per heavy atom. The van der Waals surface area contributed by atoms with Gasteiger partial charge in [0.1, 0.15) is 0 Å². The van der Waals surface area contributed by atoms with Crippen molar-refractivity contribution in [3.8, 4) is 67.1 Å². The third kappa shape index (κ3) is 7.86. The first-order chi connectivity index (χ1) is 30.6. The van der Waals surface area contributed by atoms with Gasteiger partial charge in [0, 0.05) is 22.3 Å². The van der Waals surface area contributed by atoms with Crippen LogP contribution in [0.1, 0.15) is 48.9 Å². The molecule has 0 aliphatic heterocycles. The molecule has 9 rings (SSSR count). The molecule has 1 aliphatic carbocycles. The lowest BCUT2D eigenvalue weighted by atomic mass is 9.66. The minimum atomic E-state index is -4.00. The van der Waals surface area contributed by atoms with Gasteiger partial charge >= 0.3 is 20.2 Å². The summed E-state index contributed by atoms with van der Waals surface area (Å²) < 4.78 is 67.5. The van der Waals surface area contributed by atoms with Crippen LogP contribution in [0.3, 0.4) is 0 Å². The Morgan fingerprint density at radius 2 is 0.635 bits per heavy atom. The maximum Gasteiger partial charge on any atom is 0.309 e. The molecule has 8 aromatic rings. The highest BCUT2D eigenvalue weighted by Crippen LogP contribution is 2.59. The van der Waals surface area contributed by atoms with E-state index >= 15 is 0 Å². The van der Waals surface area contributed by atoms with Gasteiger partial charge in [0.05, 0.1) is 16.9 Å². The average Bonchev–Trinajstić information content (AvgIpc) is 3.61. The van der Waals surface area contributed by atoms with Crippen molar-refractivity contribution in [1.82, 2.24) is 0 Å². The highest BCUT2D eigenvalue weighted by Gasteiger charge is 2.47. The van der Waals surface area contributed by atoms with E-state index in [0.29, 0.717) is 35.1 Å². The van der Waals surface area contributed by atoms with Crippen LogP contribution in [0.5, 0.6) is 11.5 Å². The summed E-state index contributed by atoms with van der Waals surface area (Å²) in [6, 6.07) is 64.2. The standard InChI is InChI=1S/C55H46O6S2/c1-3-33-62(56,57)60-53-47(39-21-9-5-10-22-39)35-43(36-48(53)40-23-11-6-12-24-40)55(51-31-19-17-29-45(51)46-30-18-20-32-52(46)55)44-37-49(41-25-13-7-14-26-41)54(61-63(58,59)34-4-2)50(38-44)42-27-15-8-16-28-42/h5-32,35-38H,3-4,33-34H2,1-2H3. The molecular weight excluding hydrogens is 821 g/mol. The first-order valence-corrected chi connectivity index (χ1v) is 24.4. The number of rotatable bonds is 14. The van der Waals surface area contributed by atoms with Gasteiger partial charge in [-0.2, -0.15) is 16.8 Å². The van der Waals surface area contributed by atoms with Crippen LogP contribution in [-0.2, 0) is 25.7 Å². The van der Waals surface area contributed by atoms with Gasteiger partial charge in [-0.05, 0) is 92.7 Å². The van der Waals surface area contributed by atoms with Gasteiger partial charge in [-0.3, -0.25) is 0 Å². The van der Waals surface area contributed by atoms with Crippen molar-refractivity contribution in [2.24, 2.45) is 0 Å². The van der Waals surface area contributed by atoms with E-state index in [2.05, 4.69) is 60.7 Å². The van der Waals surface area contributed by atoms with E-state index in [-0.39, 0.29) is 23.0 Å². The lowest BCUT2D eigenvalue weighted by Crippen LogP contribution is -2.29. The predicted molar refractivity (Wildman–Crippen MR) is 255 cm³/mol. The van der Waals surface area contributed by atoms with Crippen LogP contribution in [0.25, 0.3) is 55.6 Å². The average molecular weight is 867 g/mol. The second-order valence-electron chi connectivity index (χ2n) is 15.8. The third-order valence-corrected chi connectivity index (χ3v) is 14.3. The Morgan fingerprint density at radius 3 is 0.921 bits per heavy atom. The van der Waals surface area contributed by atoms with E-state index in [9.17, 15) is 16.8 Å². The molecule has 0 atom stereocenters. The normalized spacial score (nSPS) is 12.9. The maximum atomic E-state index is 13.8. The summed E-state index contributed by atoms with van der Waals surface area (Å²) in [4.78, 5) is 0. The first kappa shape index (κ1) is 41.6. The highest BCUT2D eigenvalue weighted by molar-refractivity contribution is 7.87. The summed E-state index contributed by atoms with van der Waals surface area (Å²) in [5, 5.41) is 0. The van der Waals surface area contributed by atoms with Gasteiger partial charge in [0.25, 0.3) is 0 Å². The van der Waals surface area contributed by atoms with Crippen LogP contribution in [0, 0.1) is 0 Å². The number of hydrogen-bond donors (Lipinski definition) is 0. The van der Waals surface area contributed by atoms with E-state index in [1.54, 1.807) is 0 Å². The van der Waals surface area contributed by atoms with E-state index < -0.39 is 25.7 Å². The molecule has 8 aromatic carbocycles. The van der Waals surface area contributed by atoms with Crippen molar-refractivity contribution in [3.63, 3.8) is 0 Å². The quantitative estimate of drug-likeness (QED) is 0.101. The molecular formula is C55H46O6S2. The van der Waals surface area contributed by atoms with Crippen molar-refractivity contribution < 1.29 is 25.2 Å². The summed E-state index contributed by atoms with van der Waals surface area (Å²) >= 11 is 0. The monoisotopic (exact) mass is 866 g/mol. The zero-order chi connectivity index (χ0) is 43.6. The van der Waals surface area contributed by atoms with Gasteiger partial charge in [-0.15, -0.1) is 0 Å². The molecule has 0 unspecified atom stereocenters. The molecule has 0 amide bonds. The SMILES string of the molecule is CCCS(=O)(=O)Oc1c(-c2ccccc2)cc(C2(c3cc(-c4ccccc4)c(OS(=O)(=O)CCC)c(-c4ccccc4)c3)c3ccccc3-c3ccccc32)cc1-c1ccccc1. The Bertz CT molecular complexity index is 2810. The fraction of sp³-hybridized carbons (Fsp3) is 0.127. The van der Waals surface area contributed by atoms with Crippen molar-refractivity contribution in [3.05, 3.63) is 216 Å². The number of fused-ring (bicyclic) bond motifs is 3. The fourth-order valence-corrected chi connectivity index (χ4v) is 11.1. The maximum absolute atomic E-state index is 13.8. The van der Waals surface area contributed by atoms with Crippen LogP contribution < -0.4 is 8.37 Å². The molecule has 63 heavy (non-hydrogen) atoms. The lowest BCUT2D eigenvalue weighted by molar-refractivity contribution is 0.485. The number of hydrogen-bond acceptors (Lipinski definition) is 6. The van der Waals surface area contributed by atoms with Gasteiger partial charge in [-0.25, -0.2) is 0 Å². The molecule has 0 N–H and O–H groups in total. The van der Waals surface area contributed by atoms with E-state index in [1.807, 2.05) is 147 Å². The molecule has 0 heterocycles. The molecule has 0 aromatic heterocycles. The van der Waals surface area contributed by atoms with Gasteiger partial charge in [-0.1, -0.05) is 184 Å². The minimum Gasteiger partial charge on any atom is -0.381 e. The van der Waals surface area contributed by atoms with Crippen molar-refractivity contribution in [2.45, 2.75) is 32.1 Å². The van der Waals surface area contributed by atoms with E-state index in [4.69, 9.17) is 8.37 Å². The second kappa shape index (κ2) is 17.2. The fourth-order valence-electron chi connectivity index (χ4n) is 9.06. The Balaban J connectivity index is 1.48. The highest BCUT2D eigenvalue weighted by atomic mass is 32.2. The van der Waals surface area contributed by atoms with Gasteiger partial charge < -0.3 is 8.37 Å². The molecule has 0 bridgehead atoms. The second-order valence-corrected chi connectivity index (χ2v) is 19.2. The molecule has 314 valence electrons. The smallest absolute Gasteiger partial charge is 0.309 e. The summed E-state index contributed by atoms with van der Waals surface area (Å²) in [7, 11) is -8.00. The van der Waals surface area contributed by atoms with Crippen LogP contribution in [0.4, 0.5) is 0 Å². The van der Waals surface area contributed by atoms with Crippen molar-refractivity contribution in [1.29, 1.82) is 0 Å². The molecule has 0 saturated carbocycles. The third-order valence-electron chi connectivity index (χ3n) is 11.7. The zero-order valence-corrected chi connectivity index (χ0v) is 36.7. The Labute approximate surface area is 370 Å². The predicted octanol–water partition coefficient (Wildman–Crippen LogP) is 13.0. The van der Waals surface area contributed by atoms with Crippen molar-refractivity contribution in [2.75, 3.05) is 11.5 Å². The van der Waals surface area contributed by atoms with Crippen LogP contribution >= 0.6 is 0 Å². The van der Waals surface area contributed by atoms with Gasteiger partial charge in [0.15, 0.2) is 11.5 Å². The zero-order valence-electron chi connectivity index (χ0n) is 35.1. The molecule has 0 saturated heterocycles. The summed E-state index contributed by atoms with van der Waals surface area (Å²) in [5.41, 5.74) is 10.4. The Kier molecular flexibility index (Phi) is 11.4. The lowest BCUT2D eigenvalue weighted by Gasteiger charge is -2.36. The van der Waals surface area contributed by atoms with Crippen LogP contribution in [0.2, 0.25) is 0 Å². The largest absolute Gasteiger partial charge is 0.381 e. The molecule has 0 spiro atoms.